The molecule has 1 aliphatic rings. The van der Waals surface area contributed by atoms with E-state index in [0.29, 0.717) is 0 Å². The van der Waals surface area contributed by atoms with Crippen LogP contribution in [0.3, 0.4) is 0 Å². The highest BCUT2D eigenvalue weighted by Crippen LogP contribution is 2.26. The Kier molecular flexibility index (Phi) is 7.97. The van der Waals surface area contributed by atoms with Gasteiger partial charge in [0.15, 0.2) is 0 Å². The van der Waals surface area contributed by atoms with Gasteiger partial charge in [-0.05, 0) is 79.1 Å². The lowest BCUT2D eigenvalue weighted by molar-refractivity contribution is 0.187. The molecule has 0 spiro atoms. The van der Waals surface area contributed by atoms with E-state index < -0.39 is 10.0 Å². The fraction of sp³-hybridized carbons (Fsp3) is 0.357. The average molecular weight is 511 g/mol. The standard InChI is InChI=1S/C28H35FN4O2S/c1-21-5-14-27(19-22(21)2)36(34,35)30-20-28(23-6-10-25(11-7-23)31(3)4)33-17-15-32(16-18-33)26-12-8-24(29)9-13-26/h5-14,19,28,30H,15-18,20H2,1-4H3. The number of hydrogen-bond donors (Lipinski definition) is 1. The van der Waals surface area contributed by atoms with E-state index in [4.69, 9.17) is 0 Å². The third kappa shape index (κ3) is 6.06. The Balaban J connectivity index is 1.52. The Labute approximate surface area is 214 Å². The van der Waals surface area contributed by atoms with Crippen molar-refractivity contribution in [2.45, 2.75) is 24.8 Å². The SMILES string of the molecule is Cc1ccc(S(=O)(=O)NCC(c2ccc(N(C)C)cc2)N2CCN(c3ccc(F)cc3)CC2)cc1C. The van der Waals surface area contributed by atoms with E-state index in [9.17, 15) is 12.8 Å². The summed E-state index contributed by atoms with van der Waals surface area (Å²) in [7, 11) is 0.346. The van der Waals surface area contributed by atoms with E-state index in [1.807, 2.05) is 38.9 Å². The first-order valence-corrected chi connectivity index (χ1v) is 13.7. The molecule has 0 aliphatic carbocycles. The second-order valence-electron chi connectivity index (χ2n) is 9.60. The molecule has 0 aromatic heterocycles. The van der Waals surface area contributed by atoms with Gasteiger partial charge in [0.1, 0.15) is 5.82 Å². The number of hydrogen-bond acceptors (Lipinski definition) is 5. The van der Waals surface area contributed by atoms with Crippen LogP contribution in [0.4, 0.5) is 15.8 Å². The summed E-state index contributed by atoms with van der Waals surface area (Å²) >= 11 is 0. The summed E-state index contributed by atoms with van der Waals surface area (Å²) in [5, 5.41) is 0. The molecule has 1 fully saturated rings. The zero-order chi connectivity index (χ0) is 25.9. The Bertz CT molecular complexity index is 1270. The number of aryl methyl sites for hydroxylation is 2. The summed E-state index contributed by atoms with van der Waals surface area (Å²) in [6, 6.07) is 20.0. The van der Waals surface area contributed by atoms with Crippen LogP contribution in [0.2, 0.25) is 0 Å². The fourth-order valence-electron chi connectivity index (χ4n) is 4.55. The van der Waals surface area contributed by atoms with Gasteiger partial charge in [-0.15, -0.1) is 0 Å². The van der Waals surface area contributed by atoms with Crippen LogP contribution >= 0.6 is 0 Å². The Hall–Kier alpha value is -2.94. The third-order valence-electron chi connectivity index (χ3n) is 7.00. The van der Waals surface area contributed by atoms with Gasteiger partial charge in [-0.2, -0.15) is 0 Å². The van der Waals surface area contributed by atoms with Crippen LogP contribution in [0.25, 0.3) is 0 Å². The van der Waals surface area contributed by atoms with Gasteiger partial charge in [-0.25, -0.2) is 17.5 Å². The van der Waals surface area contributed by atoms with Gasteiger partial charge in [0.05, 0.1) is 4.90 Å². The van der Waals surface area contributed by atoms with Crippen LogP contribution in [0.15, 0.2) is 71.6 Å². The molecule has 0 amide bonds. The van der Waals surface area contributed by atoms with Gasteiger partial charge in [0.25, 0.3) is 0 Å². The normalized spacial score (nSPS) is 15.6. The van der Waals surface area contributed by atoms with Crippen molar-refractivity contribution in [2.24, 2.45) is 0 Å². The largest absolute Gasteiger partial charge is 0.378 e. The summed E-state index contributed by atoms with van der Waals surface area (Å²) in [6.45, 7) is 7.25. The second-order valence-corrected chi connectivity index (χ2v) is 11.4. The Morgan fingerprint density at radius 2 is 1.53 bits per heavy atom. The lowest BCUT2D eigenvalue weighted by Crippen LogP contribution is -2.49. The molecule has 1 heterocycles. The zero-order valence-corrected chi connectivity index (χ0v) is 22.2. The number of nitrogens with one attached hydrogen (secondary N) is 1. The summed E-state index contributed by atoms with van der Waals surface area (Å²) in [6.07, 6.45) is 0. The highest BCUT2D eigenvalue weighted by Gasteiger charge is 2.27. The Morgan fingerprint density at radius 1 is 0.889 bits per heavy atom. The predicted molar refractivity (Wildman–Crippen MR) is 145 cm³/mol. The maximum atomic E-state index is 13.3. The molecule has 1 atom stereocenters. The molecule has 1 unspecified atom stereocenters. The van der Waals surface area contributed by atoms with Gasteiger partial charge >= 0.3 is 0 Å². The van der Waals surface area contributed by atoms with E-state index in [1.165, 1.54) is 12.1 Å². The number of nitrogens with zero attached hydrogens (tertiary/aromatic N) is 3. The number of benzene rings is 3. The van der Waals surface area contributed by atoms with E-state index >= 15 is 0 Å². The number of anilines is 2. The number of sulfonamides is 1. The summed E-state index contributed by atoms with van der Waals surface area (Å²) in [5.41, 5.74) is 5.17. The first kappa shape index (κ1) is 26.1. The molecule has 6 nitrogen and oxygen atoms in total. The third-order valence-corrected chi connectivity index (χ3v) is 8.42. The topological polar surface area (TPSA) is 55.9 Å². The first-order chi connectivity index (χ1) is 17.1. The minimum atomic E-state index is -3.65. The predicted octanol–water partition coefficient (Wildman–Crippen LogP) is 4.35. The molecule has 3 aromatic carbocycles. The molecule has 36 heavy (non-hydrogen) atoms. The molecule has 0 radical (unpaired) electrons. The van der Waals surface area contributed by atoms with Crippen LogP contribution in [0, 0.1) is 19.7 Å². The lowest BCUT2D eigenvalue weighted by Gasteiger charge is -2.40. The molecule has 0 bridgehead atoms. The van der Waals surface area contributed by atoms with Gasteiger partial charge in [-0.1, -0.05) is 18.2 Å². The maximum absolute atomic E-state index is 13.3. The van der Waals surface area contributed by atoms with Gasteiger partial charge in [-0.3, -0.25) is 4.90 Å². The lowest BCUT2D eigenvalue weighted by atomic mass is 10.0. The van der Waals surface area contributed by atoms with Crippen molar-refractivity contribution >= 4 is 21.4 Å². The van der Waals surface area contributed by atoms with Crippen molar-refractivity contribution in [3.8, 4) is 0 Å². The van der Waals surface area contributed by atoms with Crippen molar-refractivity contribution in [1.29, 1.82) is 0 Å². The van der Waals surface area contributed by atoms with Crippen LogP contribution in [-0.4, -0.2) is 60.1 Å². The van der Waals surface area contributed by atoms with E-state index in [-0.39, 0.29) is 23.3 Å². The van der Waals surface area contributed by atoms with Gasteiger partial charge in [0.2, 0.25) is 10.0 Å². The van der Waals surface area contributed by atoms with E-state index in [0.717, 1.165) is 54.2 Å². The van der Waals surface area contributed by atoms with E-state index in [1.54, 1.807) is 24.3 Å². The number of rotatable bonds is 8. The quantitative estimate of drug-likeness (QED) is 0.488. The van der Waals surface area contributed by atoms with Crippen molar-refractivity contribution in [1.82, 2.24) is 9.62 Å². The van der Waals surface area contributed by atoms with E-state index in [2.05, 4.69) is 38.8 Å². The fourth-order valence-corrected chi connectivity index (χ4v) is 5.67. The maximum Gasteiger partial charge on any atom is 0.240 e. The molecule has 8 heteroatoms. The zero-order valence-electron chi connectivity index (χ0n) is 21.4. The van der Waals surface area contributed by atoms with Gasteiger partial charge < -0.3 is 9.80 Å². The Morgan fingerprint density at radius 3 is 2.11 bits per heavy atom. The van der Waals surface area contributed by atoms with Crippen LogP contribution in [0.1, 0.15) is 22.7 Å². The molecule has 4 rings (SSSR count). The van der Waals surface area contributed by atoms with Crippen LogP contribution < -0.4 is 14.5 Å². The first-order valence-electron chi connectivity index (χ1n) is 12.2. The second kappa shape index (κ2) is 11.0. The summed E-state index contributed by atoms with van der Waals surface area (Å²) in [5.74, 6) is -0.241. The van der Waals surface area contributed by atoms with Crippen LogP contribution in [-0.2, 0) is 10.0 Å². The molecule has 1 saturated heterocycles. The molecule has 3 aromatic rings. The summed E-state index contributed by atoms with van der Waals surface area (Å²) < 4.78 is 42.5. The van der Waals surface area contributed by atoms with Crippen molar-refractivity contribution in [2.75, 3.05) is 56.6 Å². The molecular formula is C28H35FN4O2S. The average Bonchev–Trinajstić information content (AvgIpc) is 2.87. The summed E-state index contributed by atoms with van der Waals surface area (Å²) in [4.78, 5) is 6.89. The monoisotopic (exact) mass is 510 g/mol. The molecule has 1 aliphatic heterocycles. The van der Waals surface area contributed by atoms with Gasteiger partial charge in [0, 0.05) is 64.2 Å². The molecule has 1 N–H and O–H groups in total. The van der Waals surface area contributed by atoms with Crippen molar-refractivity contribution < 1.29 is 12.8 Å². The highest BCUT2D eigenvalue weighted by atomic mass is 32.2. The number of piperazine rings is 1. The smallest absolute Gasteiger partial charge is 0.240 e. The minimum Gasteiger partial charge on any atom is -0.378 e. The van der Waals surface area contributed by atoms with Crippen molar-refractivity contribution in [3.63, 3.8) is 0 Å². The number of halogens is 1. The molecule has 192 valence electrons. The highest BCUT2D eigenvalue weighted by molar-refractivity contribution is 7.89. The molecular weight excluding hydrogens is 475 g/mol. The van der Waals surface area contributed by atoms with Crippen LogP contribution in [0.5, 0.6) is 0 Å². The minimum absolute atomic E-state index is 0.113. The van der Waals surface area contributed by atoms with Crippen molar-refractivity contribution in [3.05, 3.63) is 89.2 Å². The molecule has 0 saturated carbocycles.